The van der Waals surface area contributed by atoms with Gasteiger partial charge in [-0.2, -0.15) is 13.2 Å². The van der Waals surface area contributed by atoms with E-state index in [2.05, 4.69) is 10.2 Å². The number of halogens is 6. The van der Waals surface area contributed by atoms with E-state index in [-0.39, 0.29) is 17.5 Å². The molecule has 176 valence electrons. The third-order valence-electron chi connectivity index (χ3n) is 5.20. The summed E-state index contributed by atoms with van der Waals surface area (Å²) < 4.78 is 110. The van der Waals surface area contributed by atoms with Crippen molar-refractivity contribution in [2.75, 3.05) is 4.72 Å². The quantitative estimate of drug-likeness (QED) is 0.528. The first-order chi connectivity index (χ1) is 15.5. The van der Waals surface area contributed by atoms with Crippen LogP contribution in [0.2, 0.25) is 0 Å². The number of fused-ring (bicyclic) bond motifs is 1. The summed E-state index contributed by atoms with van der Waals surface area (Å²) in [5.74, 6) is -3.29. The van der Waals surface area contributed by atoms with Gasteiger partial charge < -0.3 is 4.57 Å². The first-order valence-electron chi connectivity index (χ1n) is 9.78. The summed E-state index contributed by atoms with van der Waals surface area (Å²) in [4.78, 5) is -0.946. The van der Waals surface area contributed by atoms with Crippen LogP contribution in [0.1, 0.15) is 30.7 Å². The zero-order valence-corrected chi connectivity index (χ0v) is 17.6. The van der Waals surface area contributed by atoms with Gasteiger partial charge in [0.2, 0.25) is 0 Å². The van der Waals surface area contributed by atoms with E-state index in [4.69, 9.17) is 0 Å². The fourth-order valence-corrected chi connectivity index (χ4v) is 4.66. The topological polar surface area (TPSA) is 76.9 Å². The van der Waals surface area contributed by atoms with Gasteiger partial charge >= 0.3 is 6.18 Å². The van der Waals surface area contributed by atoms with Crippen LogP contribution < -0.4 is 4.72 Å². The molecule has 0 unspecified atom stereocenters. The second-order valence-corrected chi connectivity index (χ2v) is 9.14. The minimum atomic E-state index is -5.14. The predicted molar refractivity (Wildman–Crippen MR) is 105 cm³/mol. The molecule has 1 N–H and O–H groups in total. The number of benzene rings is 2. The maximum Gasteiger partial charge on any atom is 0.419 e. The molecule has 1 aromatic heterocycles. The minimum Gasteiger partial charge on any atom is -0.311 e. The normalized spacial score (nSPS) is 14.6. The fraction of sp³-hybridized carbons (Fsp3) is 0.300. The van der Waals surface area contributed by atoms with Gasteiger partial charge in [-0.05, 0) is 37.1 Å². The largest absolute Gasteiger partial charge is 0.419 e. The molecule has 0 spiro atoms. The van der Waals surface area contributed by atoms with Crippen LogP contribution in [0.3, 0.4) is 0 Å². The van der Waals surface area contributed by atoms with Gasteiger partial charge in [-0.15, -0.1) is 10.2 Å². The molecule has 4 rings (SSSR count). The van der Waals surface area contributed by atoms with Crippen molar-refractivity contribution in [3.05, 3.63) is 59.2 Å². The van der Waals surface area contributed by atoms with Crippen molar-refractivity contribution in [3.63, 3.8) is 0 Å². The Labute approximate surface area is 184 Å². The van der Waals surface area contributed by atoms with Gasteiger partial charge in [0, 0.05) is 19.0 Å². The molecule has 0 saturated carbocycles. The summed E-state index contributed by atoms with van der Waals surface area (Å²) in [6, 6.07) is 2.34. The first-order valence-corrected chi connectivity index (χ1v) is 11.3. The number of anilines is 1. The molecule has 6 nitrogen and oxygen atoms in total. The van der Waals surface area contributed by atoms with Gasteiger partial charge in [-0.25, -0.2) is 21.6 Å². The van der Waals surface area contributed by atoms with Gasteiger partial charge in [0.25, 0.3) is 10.0 Å². The van der Waals surface area contributed by atoms with E-state index in [0.29, 0.717) is 37.0 Å². The van der Waals surface area contributed by atoms with E-state index in [0.717, 1.165) is 25.3 Å². The Hall–Kier alpha value is -3.09. The van der Waals surface area contributed by atoms with E-state index >= 15 is 0 Å². The number of alkyl halides is 3. The first kappa shape index (κ1) is 23.1. The molecule has 0 aliphatic carbocycles. The van der Waals surface area contributed by atoms with Crippen LogP contribution in [0.4, 0.5) is 32.0 Å². The molecule has 2 heterocycles. The van der Waals surface area contributed by atoms with Crippen LogP contribution in [-0.4, -0.2) is 23.2 Å². The van der Waals surface area contributed by atoms with Crippen molar-refractivity contribution in [2.24, 2.45) is 0 Å². The molecule has 1 aliphatic heterocycles. The van der Waals surface area contributed by atoms with Crippen LogP contribution in [0.5, 0.6) is 0 Å². The molecule has 1 aliphatic rings. The molecule has 0 bridgehead atoms. The minimum absolute atomic E-state index is 0.0750. The molecular formula is C20H16F6N4O2S. The highest BCUT2D eigenvalue weighted by atomic mass is 32.2. The highest BCUT2D eigenvalue weighted by Gasteiger charge is 2.35. The molecule has 0 saturated heterocycles. The smallest absolute Gasteiger partial charge is 0.311 e. The summed E-state index contributed by atoms with van der Waals surface area (Å²) in [6.45, 7) is 0.491. The Morgan fingerprint density at radius 1 is 0.909 bits per heavy atom. The molecule has 0 atom stereocenters. The maximum absolute atomic E-state index is 14.6. The SMILES string of the molecule is O=S(=O)(Nc1cc(-c2nnc3n2CCCCC3)c(F)cc1F)c1ccc(F)c(C(F)(F)F)c1. The summed E-state index contributed by atoms with van der Waals surface area (Å²) in [5.41, 5.74) is -2.74. The van der Waals surface area contributed by atoms with Crippen molar-refractivity contribution in [2.45, 2.75) is 43.3 Å². The lowest BCUT2D eigenvalue weighted by molar-refractivity contribution is -0.140. The molecular weight excluding hydrogens is 474 g/mol. The number of sulfonamides is 1. The number of nitrogens with one attached hydrogen (secondary N) is 1. The standard InChI is InChI=1S/C20H16F6N4O2S/c21-14-6-5-11(8-13(14)20(24,25)26)33(31,32)29-17-9-12(15(22)10-16(17)23)19-28-27-18-4-2-1-3-7-30(18)19/h5-6,8-10,29H,1-4,7H2. The average molecular weight is 490 g/mol. The highest BCUT2D eigenvalue weighted by Crippen LogP contribution is 2.34. The predicted octanol–water partition coefficient (Wildman–Crippen LogP) is 4.91. The summed E-state index contributed by atoms with van der Waals surface area (Å²) in [5, 5.41) is 7.97. The molecule has 3 aromatic rings. The maximum atomic E-state index is 14.6. The number of hydrogen-bond donors (Lipinski definition) is 1. The molecule has 0 amide bonds. The molecule has 13 heteroatoms. The molecule has 2 aromatic carbocycles. The van der Waals surface area contributed by atoms with Crippen LogP contribution in [0.15, 0.2) is 35.2 Å². The number of hydrogen-bond acceptors (Lipinski definition) is 4. The van der Waals surface area contributed by atoms with Gasteiger partial charge in [-0.3, -0.25) is 4.72 Å². The summed E-state index contributed by atoms with van der Waals surface area (Å²) >= 11 is 0. The Morgan fingerprint density at radius 3 is 2.39 bits per heavy atom. The number of aryl methyl sites for hydroxylation is 1. The van der Waals surface area contributed by atoms with Crippen LogP contribution in [0.25, 0.3) is 11.4 Å². The Morgan fingerprint density at radius 2 is 1.67 bits per heavy atom. The lowest BCUT2D eigenvalue weighted by Gasteiger charge is -2.14. The van der Waals surface area contributed by atoms with Gasteiger partial charge in [0.15, 0.2) is 5.82 Å². The van der Waals surface area contributed by atoms with E-state index in [1.807, 2.05) is 0 Å². The second kappa shape index (κ2) is 8.36. The third kappa shape index (κ3) is 4.54. The third-order valence-corrected chi connectivity index (χ3v) is 6.57. The van der Waals surface area contributed by atoms with Crippen molar-refractivity contribution >= 4 is 15.7 Å². The van der Waals surface area contributed by atoms with E-state index < -0.39 is 49.8 Å². The van der Waals surface area contributed by atoms with Crippen molar-refractivity contribution < 1.29 is 34.8 Å². The zero-order chi connectivity index (χ0) is 24.0. The van der Waals surface area contributed by atoms with Crippen LogP contribution >= 0.6 is 0 Å². The van der Waals surface area contributed by atoms with Crippen molar-refractivity contribution in [1.82, 2.24) is 14.8 Å². The molecule has 0 radical (unpaired) electrons. The van der Waals surface area contributed by atoms with E-state index in [9.17, 15) is 34.8 Å². The second-order valence-electron chi connectivity index (χ2n) is 7.46. The average Bonchev–Trinajstić information content (AvgIpc) is 2.96. The highest BCUT2D eigenvalue weighted by molar-refractivity contribution is 7.92. The zero-order valence-electron chi connectivity index (χ0n) is 16.8. The monoisotopic (exact) mass is 490 g/mol. The summed E-state index contributed by atoms with van der Waals surface area (Å²) in [7, 11) is -4.78. The molecule has 33 heavy (non-hydrogen) atoms. The van der Waals surface area contributed by atoms with Crippen LogP contribution in [-0.2, 0) is 29.2 Å². The lowest BCUT2D eigenvalue weighted by atomic mass is 10.1. The Bertz CT molecular complexity index is 1320. The Balaban J connectivity index is 1.74. The fourth-order valence-electron chi connectivity index (χ4n) is 3.58. The van der Waals surface area contributed by atoms with E-state index in [1.54, 1.807) is 9.29 Å². The van der Waals surface area contributed by atoms with Crippen LogP contribution in [0, 0.1) is 17.5 Å². The van der Waals surface area contributed by atoms with Gasteiger partial charge in [0.05, 0.1) is 21.7 Å². The van der Waals surface area contributed by atoms with Crippen molar-refractivity contribution in [1.29, 1.82) is 0 Å². The van der Waals surface area contributed by atoms with Crippen molar-refractivity contribution in [3.8, 4) is 11.4 Å². The number of nitrogens with zero attached hydrogens (tertiary/aromatic N) is 3. The van der Waals surface area contributed by atoms with Gasteiger partial charge in [-0.1, -0.05) is 6.42 Å². The summed E-state index contributed by atoms with van der Waals surface area (Å²) in [6.07, 6.45) is -1.95. The number of rotatable bonds is 4. The molecule has 0 fully saturated rings. The van der Waals surface area contributed by atoms with E-state index in [1.165, 1.54) is 0 Å². The lowest BCUT2D eigenvalue weighted by Crippen LogP contribution is -2.17. The van der Waals surface area contributed by atoms with Gasteiger partial charge in [0.1, 0.15) is 23.3 Å². The Kier molecular flexibility index (Phi) is 5.85. The number of aromatic nitrogens is 3.